The van der Waals surface area contributed by atoms with Gasteiger partial charge in [0.1, 0.15) is 0 Å². The van der Waals surface area contributed by atoms with Crippen LogP contribution < -0.4 is 0 Å². The summed E-state index contributed by atoms with van der Waals surface area (Å²) in [4.78, 5) is 0. The van der Waals surface area contributed by atoms with Gasteiger partial charge >= 0.3 is 0 Å². The van der Waals surface area contributed by atoms with Gasteiger partial charge in [-0.25, -0.2) is 0 Å². The van der Waals surface area contributed by atoms with E-state index >= 15 is 0 Å². The van der Waals surface area contributed by atoms with Crippen LogP contribution in [0.25, 0.3) is 0 Å². The van der Waals surface area contributed by atoms with Crippen LogP contribution in [0.3, 0.4) is 0 Å². The van der Waals surface area contributed by atoms with E-state index in [0.717, 1.165) is 0 Å². The van der Waals surface area contributed by atoms with E-state index in [1.807, 2.05) is 0 Å². The lowest BCUT2D eigenvalue weighted by Crippen LogP contribution is -1.90. The lowest BCUT2D eigenvalue weighted by Gasteiger charge is -2.48. The molecular weight excluding hydrogens is 724 g/mol. The van der Waals surface area contributed by atoms with Gasteiger partial charge in [0.15, 0.2) is 0 Å². The first kappa shape index (κ1) is 31.9. The predicted octanol–water partition coefficient (Wildman–Crippen LogP) is 12.8. The van der Waals surface area contributed by atoms with Crippen LogP contribution in [0.5, 0.6) is 0 Å². The smallest absolute Gasteiger partial charge is 0.0473 e. The highest BCUT2D eigenvalue weighted by Crippen LogP contribution is 3.19. The van der Waals surface area contributed by atoms with Gasteiger partial charge in [0.2, 0.25) is 0 Å². The average Bonchev–Trinajstić information content (AvgIpc) is 2.34. The molecule has 0 saturated heterocycles. The van der Waals surface area contributed by atoms with Crippen LogP contribution in [-0.2, 0) is 0 Å². The summed E-state index contributed by atoms with van der Waals surface area (Å²) in [5, 5.41) is -0.259. The summed E-state index contributed by atoms with van der Waals surface area (Å²) >= 11 is 0. The Bertz CT molecular complexity index is 334. The molecule has 0 amide bonds. The van der Waals surface area contributed by atoms with Gasteiger partial charge in [-0.1, -0.05) is 0 Å². The van der Waals surface area contributed by atoms with E-state index in [9.17, 15) is 1.37 Å². The molecule has 0 nitrogen and oxygen atoms in total. The van der Waals surface area contributed by atoms with E-state index in [4.69, 9.17) is 0 Å². The van der Waals surface area contributed by atoms with Crippen LogP contribution in [0.4, 0.5) is 0 Å². The third-order valence-electron chi connectivity index (χ3n) is 2.06. The summed E-state index contributed by atoms with van der Waals surface area (Å²) < 4.78 is 10.2. The van der Waals surface area contributed by atoms with E-state index in [0.29, 0.717) is 0 Å². The normalized spacial score (nSPS) is 17.3. The first-order valence-corrected chi connectivity index (χ1v) is 44.8. The highest BCUT2D eigenvalue weighted by Gasteiger charge is 2.45. The summed E-state index contributed by atoms with van der Waals surface area (Å²) in [6.45, 7) is -1.77. The monoisotopic (exact) mass is 753 g/mol. The van der Waals surface area contributed by atoms with Gasteiger partial charge in [0, 0.05) is 6.49 Å². The Morgan fingerprint density at radius 3 is 0.833 bits per heavy atom. The highest BCUT2D eigenvalue weighted by atomic mass is 33.1. The second-order valence-corrected chi connectivity index (χ2v) is 85.6. The van der Waals surface area contributed by atoms with Crippen molar-refractivity contribution in [2.45, 2.75) is 5.12 Å². The second kappa shape index (κ2) is 18.2. The minimum absolute atomic E-state index is 0.170. The summed E-state index contributed by atoms with van der Waals surface area (Å²) in [5.74, 6) is 0. The van der Waals surface area contributed by atoms with Crippen LogP contribution in [0, 0.1) is 0 Å². The molecule has 15 unspecified atom stereocenters. The van der Waals surface area contributed by atoms with E-state index in [-0.39, 0.29) is 75.9 Å². The molecule has 24 heavy (non-hydrogen) atoms. The molecule has 0 aromatic heterocycles. The Morgan fingerprint density at radius 1 is 0.417 bits per heavy atom. The molecule has 0 spiro atoms. The van der Waals surface area contributed by atoms with Crippen molar-refractivity contribution in [3.63, 3.8) is 0 Å². The topological polar surface area (TPSA) is 0 Å². The molecular formula is CH27P23. The van der Waals surface area contributed by atoms with Crippen molar-refractivity contribution in [2.75, 3.05) is 0 Å². The molecule has 23 heteroatoms. The maximum absolute atomic E-state index is 10.2. The van der Waals surface area contributed by atoms with Gasteiger partial charge in [-0.05, 0) is 70.8 Å². The largest absolute Gasteiger partial charge is 0.102 e. The maximum atomic E-state index is 10.2. The standard InChI is InChI=1S/CH27P23/c2-18(3)15(19(4)5)1(16(20(6)7)21(8)9)17(22(10)11)24(14)23(12)13/h1H,2-14H2/i1D. The second-order valence-electron chi connectivity index (χ2n) is 3.77. The zero-order valence-corrected chi connectivity index (χ0v) is 36.4. The molecule has 0 heterocycles. The molecule has 0 aromatic rings. The Kier molecular flexibility index (Phi) is 24.2. The van der Waals surface area contributed by atoms with Crippen molar-refractivity contribution in [2.24, 2.45) is 0 Å². The Labute approximate surface area is 191 Å². The molecule has 0 fully saturated rings. The summed E-state index contributed by atoms with van der Waals surface area (Å²) in [7, 11) is 39.2. The third kappa shape index (κ3) is 12.2. The number of rotatable bonds is 10. The average molecular weight is 753 g/mol. The predicted molar refractivity (Wildman–Crippen MR) is 199 cm³/mol. The maximum Gasteiger partial charge on any atom is 0.0473 e. The highest BCUT2D eigenvalue weighted by molar-refractivity contribution is 9.12. The van der Waals surface area contributed by atoms with Crippen molar-refractivity contribution in [3.8, 4) is 0 Å². The molecule has 0 aliphatic heterocycles. The van der Waals surface area contributed by atoms with Crippen molar-refractivity contribution in [1.82, 2.24) is 0 Å². The summed E-state index contributed by atoms with van der Waals surface area (Å²) in [5.41, 5.74) is 0. The van der Waals surface area contributed by atoms with Crippen LogP contribution in [-0.4, -0.2) is 5.12 Å². The van der Waals surface area contributed by atoms with Crippen molar-refractivity contribution < 1.29 is 1.37 Å². The molecule has 0 radical (unpaired) electrons. The minimum atomic E-state index is -0.388. The fourth-order valence-corrected chi connectivity index (χ4v) is 168. The van der Waals surface area contributed by atoms with Gasteiger partial charge < -0.3 is 0 Å². The van der Waals surface area contributed by atoms with E-state index < -0.39 is 0 Å². The SMILES string of the molecule is [2H]C(P(P(P)P)P(P)P)(P(P(P)P)P(P)P)P(P(P)P)P(P)P(P)P. The van der Waals surface area contributed by atoms with Gasteiger partial charge in [-0.15, -0.1) is 116 Å². The van der Waals surface area contributed by atoms with Gasteiger partial charge in [0.05, 0.1) is 0 Å². The molecule has 0 rings (SSSR count). The Morgan fingerprint density at radius 2 is 0.667 bits per heavy atom. The molecule has 0 aliphatic rings. The Hall–Kier alpha value is 9.89. The van der Waals surface area contributed by atoms with E-state index in [1.165, 1.54) is 0 Å². The molecule has 0 saturated carbocycles. The molecule has 0 N–H and O–H groups in total. The van der Waals surface area contributed by atoms with Crippen molar-refractivity contribution in [3.05, 3.63) is 0 Å². The number of hydrogen-bond acceptors (Lipinski definition) is 0. The minimum Gasteiger partial charge on any atom is -0.102 e. The van der Waals surface area contributed by atoms with Crippen LogP contribution in [0.15, 0.2) is 0 Å². The molecule has 0 bridgehead atoms. The molecule has 0 aliphatic carbocycles. The number of hydrogen-bond donors (Lipinski definition) is 0. The lowest BCUT2D eigenvalue weighted by atomic mass is 11.9. The summed E-state index contributed by atoms with van der Waals surface area (Å²) in [6.07, 6.45) is 0. The van der Waals surface area contributed by atoms with Crippen LogP contribution in [0.1, 0.15) is 1.37 Å². The molecule has 15 atom stereocenters. The van der Waals surface area contributed by atoms with Gasteiger partial charge in [-0.3, -0.25) is 0 Å². The first-order chi connectivity index (χ1) is 11.2. The fraction of sp³-hybridized carbons (Fsp3) is 1.00. The van der Waals surface area contributed by atoms with Crippen molar-refractivity contribution >= 4 is 187 Å². The van der Waals surface area contributed by atoms with Gasteiger partial charge in [0.25, 0.3) is 0 Å². The van der Waals surface area contributed by atoms with E-state index in [1.54, 1.807) is 0 Å². The Balaban J connectivity index is 6.65. The van der Waals surface area contributed by atoms with Crippen LogP contribution >= 0.6 is 187 Å². The fourth-order valence-electron chi connectivity index (χ4n) is 1.29. The third-order valence-corrected chi connectivity index (χ3v) is 101. The van der Waals surface area contributed by atoms with Gasteiger partial charge in [-0.2, -0.15) is 0 Å². The molecule has 0 aromatic carbocycles. The van der Waals surface area contributed by atoms with Crippen LogP contribution in [0.2, 0.25) is 0 Å². The molecule has 146 valence electrons. The van der Waals surface area contributed by atoms with E-state index in [2.05, 4.69) is 116 Å². The summed E-state index contributed by atoms with van der Waals surface area (Å²) in [6, 6.07) is 0. The zero-order chi connectivity index (χ0) is 20.3. The van der Waals surface area contributed by atoms with Crippen molar-refractivity contribution in [1.29, 1.82) is 0 Å². The zero-order valence-electron chi connectivity index (χ0n) is 13.5. The quantitative estimate of drug-likeness (QED) is 0.195. The lowest BCUT2D eigenvalue weighted by molar-refractivity contribution is 2.05. The first-order valence-electron chi connectivity index (χ1n) is 5.93.